The standard InChI is InChI=1S/C25H32N2O6/c1-4-15-12-27-8-7-16(15)9-22(27)24(31)19-11-21(25(23(30)13-28)33-14(2)29)26-20-6-5-17(32-3)10-18(19)20/h4-6,10-11,15-16,22-25,28,30-31H,1,7-9,12-13H2,2-3H3/t15-,16?,22-,23?,24+,25?/m0/s1. The number of esters is 1. The average molecular weight is 457 g/mol. The van der Waals surface area contributed by atoms with E-state index in [-0.39, 0.29) is 11.7 Å². The molecule has 3 fully saturated rings. The molecule has 1 aromatic heterocycles. The first kappa shape index (κ1) is 23.6. The molecule has 3 saturated heterocycles. The smallest absolute Gasteiger partial charge is 0.303 e. The zero-order chi connectivity index (χ0) is 23.7. The summed E-state index contributed by atoms with van der Waals surface area (Å²) in [5.74, 6) is 0.950. The predicted octanol–water partition coefficient (Wildman–Crippen LogP) is 2.13. The van der Waals surface area contributed by atoms with Crippen molar-refractivity contribution in [3.05, 3.63) is 48.2 Å². The van der Waals surface area contributed by atoms with Crippen LogP contribution in [0.5, 0.6) is 5.75 Å². The number of hydrogen-bond acceptors (Lipinski definition) is 8. The van der Waals surface area contributed by atoms with E-state index in [1.165, 1.54) is 6.92 Å². The minimum absolute atomic E-state index is 0.0699. The largest absolute Gasteiger partial charge is 0.497 e. The second-order valence-electron chi connectivity index (χ2n) is 8.99. The molecule has 3 N–H and O–H groups in total. The second-order valence-corrected chi connectivity index (χ2v) is 8.99. The summed E-state index contributed by atoms with van der Waals surface area (Å²) in [5, 5.41) is 32.2. The summed E-state index contributed by atoms with van der Waals surface area (Å²) in [7, 11) is 1.58. The maximum Gasteiger partial charge on any atom is 0.303 e. The molecule has 1 aromatic carbocycles. The number of piperidine rings is 3. The lowest BCUT2D eigenvalue weighted by atomic mass is 9.73. The number of hydrogen-bond donors (Lipinski definition) is 3. The highest BCUT2D eigenvalue weighted by Crippen LogP contribution is 2.43. The Labute approximate surface area is 193 Å². The van der Waals surface area contributed by atoms with Crippen LogP contribution in [0.1, 0.15) is 43.2 Å². The lowest BCUT2D eigenvalue weighted by Crippen LogP contribution is -2.54. The number of carbonyl (C=O) groups excluding carboxylic acids is 1. The average Bonchev–Trinajstić information content (AvgIpc) is 2.85. The summed E-state index contributed by atoms with van der Waals surface area (Å²) in [6.45, 7) is 6.41. The molecular formula is C25H32N2O6. The van der Waals surface area contributed by atoms with E-state index in [1.54, 1.807) is 25.3 Å². The van der Waals surface area contributed by atoms with Crippen LogP contribution >= 0.6 is 0 Å². The molecule has 2 aromatic rings. The minimum Gasteiger partial charge on any atom is -0.497 e. The van der Waals surface area contributed by atoms with Crippen molar-refractivity contribution >= 4 is 16.9 Å². The summed E-state index contributed by atoms with van der Waals surface area (Å²) in [6, 6.07) is 6.97. The van der Waals surface area contributed by atoms with Gasteiger partial charge < -0.3 is 24.8 Å². The number of aliphatic hydroxyl groups excluding tert-OH is 3. The Kier molecular flexibility index (Phi) is 6.99. The van der Waals surface area contributed by atoms with Gasteiger partial charge in [-0.05, 0) is 61.1 Å². The van der Waals surface area contributed by atoms with Gasteiger partial charge in [-0.1, -0.05) is 6.08 Å². The van der Waals surface area contributed by atoms with Gasteiger partial charge in [0.05, 0.1) is 31.0 Å². The van der Waals surface area contributed by atoms with E-state index in [1.807, 2.05) is 12.1 Å². The highest BCUT2D eigenvalue weighted by Gasteiger charge is 2.42. The molecule has 0 aliphatic carbocycles. The summed E-state index contributed by atoms with van der Waals surface area (Å²) < 4.78 is 10.7. The molecule has 0 radical (unpaired) electrons. The molecule has 3 aliphatic heterocycles. The summed E-state index contributed by atoms with van der Waals surface area (Å²) in [6.07, 6.45) is 0.646. The molecule has 33 heavy (non-hydrogen) atoms. The fourth-order valence-electron chi connectivity index (χ4n) is 5.29. The fourth-order valence-corrected chi connectivity index (χ4v) is 5.29. The van der Waals surface area contributed by atoms with Crippen molar-refractivity contribution in [2.24, 2.45) is 11.8 Å². The third kappa shape index (κ3) is 4.61. The topological polar surface area (TPSA) is 112 Å². The van der Waals surface area contributed by atoms with Crippen molar-refractivity contribution < 1.29 is 29.6 Å². The van der Waals surface area contributed by atoms with E-state index >= 15 is 0 Å². The maximum absolute atomic E-state index is 11.7. The molecule has 0 amide bonds. The number of fused-ring (bicyclic) bond motifs is 4. The van der Waals surface area contributed by atoms with Gasteiger partial charge in [0.15, 0.2) is 6.10 Å². The minimum atomic E-state index is -1.34. The Morgan fingerprint density at radius 1 is 1.36 bits per heavy atom. The molecule has 178 valence electrons. The first-order valence-electron chi connectivity index (χ1n) is 11.4. The third-order valence-electron chi connectivity index (χ3n) is 7.03. The predicted molar refractivity (Wildman–Crippen MR) is 123 cm³/mol. The Bertz CT molecular complexity index is 1030. The van der Waals surface area contributed by atoms with Crippen molar-refractivity contribution in [3.63, 3.8) is 0 Å². The van der Waals surface area contributed by atoms with Gasteiger partial charge in [0.2, 0.25) is 0 Å². The number of ether oxygens (including phenoxy) is 2. The van der Waals surface area contributed by atoms with Gasteiger partial charge in [0.1, 0.15) is 11.9 Å². The van der Waals surface area contributed by atoms with Crippen LogP contribution in [-0.2, 0) is 9.53 Å². The Hall–Kier alpha value is -2.52. The quantitative estimate of drug-likeness (QED) is 0.409. The van der Waals surface area contributed by atoms with Gasteiger partial charge in [0.25, 0.3) is 0 Å². The van der Waals surface area contributed by atoms with Crippen LogP contribution < -0.4 is 4.74 Å². The molecule has 4 unspecified atom stereocenters. The van der Waals surface area contributed by atoms with Crippen molar-refractivity contribution in [1.82, 2.24) is 9.88 Å². The first-order chi connectivity index (χ1) is 15.9. The van der Waals surface area contributed by atoms with Crippen LogP contribution in [0.2, 0.25) is 0 Å². The molecule has 0 spiro atoms. The first-order valence-corrected chi connectivity index (χ1v) is 11.4. The van der Waals surface area contributed by atoms with Gasteiger partial charge in [-0.3, -0.25) is 9.69 Å². The molecule has 3 aliphatic rings. The van der Waals surface area contributed by atoms with Crippen LogP contribution in [-0.4, -0.2) is 70.1 Å². The van der Waals surface area contributed by atoms with Crippen LogP contribution in [0.25, 0.3) is 10.9 Å². The van der Waals surface area contributed by atoms with Gasteiger partial charge >= 0.3 is 5.97 Å². The van der Waals surface area contributed by atoms with E-state index in [4.69, 9.17) is 9.47 Å². The molecule has 0 saturated carbocycles. The van der Waals surface area contributed by atoms with Gasteiger partial charge in [-0.25, -0.2) is 4.98 Å². The van der Waals surface area contributed by atoms with Crippen LogP contribution in [0.15, 0.2) is 36.9 Å². The van der Waals surface area contributed by atoms with E-state index in [0.717, 1.165) is 31.3 Å². The van der Waals surface area contributed by atoms with Crippen LogP contribution in [0.3, 0.4) is 0 Å². The SMILES string of the molecule is C=C[C@H]1CN2CCC1C[C@H]2[C@H](O)c1cc(C(OC(C)=O)C(O)CO)nc2ccc(OC)cc12. The molecule has 8 heteroatoms. The zero-order valence-corrected chi connectivity index (χ0v) is 19.1. The summed E-state index contributed by atoms with van der Waals surface area (Å²) in [5.41, 5.74) is 1.48. The molecule has 8 nitrogen and oxygen atoms in total. The number of pyridine rings is 1. The Morgan fingerprint density at radius 3 is 2.76 bits per heavy atom. The van der Waals surface area contributed by atoms with E-state index in [0.29, 0.717) is 28.7 Å². The van der Waals surface area contributed by atoms with Crippen molar-refractivity contribution in [3.8, 4) is 5.75 Å². The zero-order valence-electron chi connectivity index (χ0n) is 19.1. The highest BCUT2D eigenvalue weighted by atomic mass is 16.6. The van der Waals surface area contributed by atoms with E-state index in [9.17, 15) is 20.1 Å². The monoisotopic (exact) mass is 456 g/mol. The fraction of sp³-hybridized carbons (Fsp3) is 0.520. The third-order valence-corrected chi connectivity index (χ3v) is 7.03. The Morgan fingerprint density at radius 2 is 2.15 bits per heavy atom. The number of carbonyl (C=O) groups is 1. The van der Waals surface area contributed by atoms with E-state index < -0.39 is 30.9 Å². The Balaban J connectivity index is 1.79. The number of aromatic nitrogens is 1. The number of aliphatic hydroxyl groups is 3. The summed E-state index contributed by atoms with van der Waals surface area (Å²) in [4.78, 5) is 18.6. The normalized spacial score (nSPS) is 27.1. The van der Waals surface area contributed by atoms with Crippen molar-refractivity contribution in [1.29, 1.82) is 0 Å². The molecule has 7 atom stereocenters. The number of rotatable bonds is 8. The van der Waals surface area contributed by atoms with Gasteiger partial charge in [-0.2, -0.15) is 0 Å². The van der Waals surface area contributed by atoms with E-state index in [2.05, 4.69) is 16.5 Å². The van der Waals surface area contributed by atoms with Crippen LogP contribution in [0, 0.1) is 11.8 Å². The number of benzene rings is 1. The van der Waals surface area contributed by atoms with Crippen molar-refractivity contribution in [2.75, 3.05) is 26.8 Å². The van der Waals surface area contributed by atoms with Gasteiger partial charge in [0, 0.05) is 24.9 Å². The molecule has 5 rings (SSSR count). The maximum atomic E-state index is 11.7. The molecule has 2 bridgehead atoms. The summed E-state index contributed by atoms with van der Waals surface area (Å²) >= 11 is 0. The molecule has 4 heterocycles. The highest BCUT2D eigenvalue weighted by molar-refractivity contribution is 5.84. The second kappa shape index (κ2) is 9.77. The molecular weight excluding hydrogens is 424 g/mol. The van der Waals surface area contributed by atoms with Crippen molar-refractivity contribution in [2.45, 2.75) is 44.1 Å². The van der Waals surface area contributed by atoms with Gasteiger partial charge in [-0.15, -0.1) is 6.58 Å². The lowest BCUT2D eigenvalue weighted by Gasteiger charge is -2.50. The number of methoxy groups -OCH3 is 1. The number of nitrogens with zero attached hydrogens (tertiary/aromatic N) is 2. The van der Waals surface area contributed by atoms with Crippen LogP contribution in [0.4, 0.5) is 0 Å². The lowest BCUT2D eigenvalue weighted by molar-refractivity contribution is -0.154.